The topological polar surface area (TPSA) is 72.2 Å². The maximum absolute atomic E-state index is 13.4. The fraction of sp³-hybridized carbons (Fsp3) is 0.385. The number of hydrogen-bond donors (Lipinski definition) is 2. The fourth-order valence-corrected chi connectivity index (χ4v) is 2.61. The van der Waals surface area contributed by atoms with E-state index in [0.717, 1.165) is 18.9 Å². The van der Waals surface area contributed by atoms with E-state index in [-0.39, 0.29) is 23.4 Å². The van der Waals surface area contributed by atoms with E-state index >= 15 is 0 Å². The number of carbonyl (C=O) groups excluding carboxylic acids is 2. The zero-order valence-electron chi connectivity index (χ0n) is 10.2. The van der Waals surface area contributed by atoms with Crippen molar-refractivity contribution in [3.05, 3.63) is 34.1 Å². The van der Waals surface area contributed by atoms with Crippen LogP contribution in [0.1, 0.15) is 29.6 Å². The number of rotatable bonds is 3. The van der Waals surface area contributed by atoms with Gasteiger partial charge in [-0.15, -0.1) is 0 Å². The molecule has 0 aromatic heterocycles. The number of benzene rings is 1. The number of nitrogens with two attached hydrogens (primary N) is 1. The molecular formula is C13H14BrFN2O2. The molecule has 0 radical (unpaired) electrons. The highest BCUT2D eigenvalue weighted by molar-refractivity contribution is 9.10. The van der Waals surface area contributed by atoms with Crippen LogP contribution in [-0.2, 0) is 4.79 Å². The maximum Gasteiger partial charge on any atom is 0.251 e. The highest BCUT2D eigenvalue weighted by Crippen LogP contribution is 2.25. The van der Waals surface area contributed by atoms with Gasteiger partial charge in [0.05, 0.1) is 10.4 Å². The molecule has 3 N–H and O–H groups in total. The van der Waals surface area contributed by atoms with Gasteiger partial charge in [0.2, 0.25) is 5.91 Å². The van der Waals surface area contributed by atoms with E-state index in [1.165, 1.54) is 12.1 Å². The Hall–Kier alpha value is -1.43. The average Bonchev–Trinajstić information content (AvgIpc) is 2.80. The van der Waals surface area contributed by atoms with Gasteiger partial charge in [-0.3, -0.25) is 9.59 Å². The highest BCUT2D eigenvalue weighted by atomic mass is 79.9. The van der Waals surface area contributed by atoms with E-state index in [2.05, 4.69) is 21.2 Å². The van der Waals surface area contributed by atoms with Crippen LogP contribution in [0.15, 0.2) is 22.7 Å². The molecule has 1 fully saturated rings. The smallest absolute Gasteiger partial charge is 0.251 e. The monoisotopic (exact) mass is 328 g/mol. The number of carbonyl (C=O) groups is 2. The average molecular weight is 329 g/mol. The molecule has 0 heterocycles. The van der Waals surface area contributed by atoms with E-state index in [1.54, 1.807) is 0 Å². The molecule has 2 amide bonds. The molecule has 1 aliphatic carbocycles. The molecule has 1 aromatic carbocycles. The van der Waals surface area contributed by atoms with Gasteiger partial charge in [-0.2, -0.15) is 0 Å². The van der Waals surface area contributed by atoms with E-state index < -0.39 is 11.7 Å². The van der Waals surface area contributed by atoms with Crippen molar-refractivity contribution in [2.45, 2.75) is 25.3 Å². The summed E-state index contributed by atoms with van der Waals surface area (Å²) in [5.74, 6) is -1.61. The van der Waals surface area contributed by atoms with Crippen LogP contribution in [0.25, 0.3) is 0 Å². The van der Waals surface area contributed by atoms with Crippen molar-refractivity contribution in [1.29, 1.82) is 0 Å². The van der Waals surface area contributed by atoms with Crippen molar-refractivity contribution in [3.8, 4) is 0 Å². The van der Waals surface area contributed by atoms with Crippen molar-refractivity contribution < 1.29 is 14.0 Å². The Balaban J connectivity index is 2.08. The van der Waals surface area contributed by atoms with Gasteiger partial charge < -0.3 is 11.1 Å². The number of halogens is 2. The molecule has 19 heavy (non-hydrogen) atoms. The summed E-state index contributed by atoms with van der Waals surface area (Å²) in [6.07, 6.45) is 2.26. The molecule has 1 aliphatic rings. The molecule has 102 valence electrons. The Morgan fingerprint density at radius 1 is 1.37 bits per heavy atom. The molecule has 6 heteroatoms. The Morgan fingerprint density at radius 3 is 2.74 bits per heavy atom. The summed E-state index contributed by atoms with van der Waals surface area (Å²) in [6, 6.07) is 3.91. The van der Waals surface area contributed by atoms with Crippen LogP contribution < -0.4 is 11.1 Å². The number of amides is 2. The van der Waals surface area contributed by atoms with E-state index in [4.69, 9.17) is 5.73 Å². The van der Waals surface area contributed by atoms with Crippen molar-refractivity contribution in [2.24, 2.45) is 11.7 Å². The lowest BCUT2D eigenvalue weighted by Crippen LogP contribution is -2.42. The molecular weight excluding hydrogens is 315 g/mol. The van der Waals surface area contributed by atoms with Gasteiger partial charge in [0, 0.05) is 11.6 Å². The number of hydrogen-bond acceptors (Lipinski definition) is 2. The summed E-state index contributed by atoms with van der Waals surface area (Å²) in [6.45, 7) is 0. The fourth-order valence-electron chi connectivity index (χ4n) is 2.36. The normalized spacial score (nSPS) is 22.2. The second-order valence-corrected chi connectivity index (χ2v) is 5.50. The summed E-state index contributed by atoms with van der Waals surface area (Å²) >= 11 is 3.03. The minimum Gasteiger partial charge on any atom is -0.369 e. The first-order valence-corrected chi connectivity index (χ1v) is 6.83. The van der Waals surface area contributed by atoms with Crippen LogP contribution in [0.5, 0.6) is 0 Å². The summed E-state index contributed by atoms with van der Waals surface area (Å²) in [4.78, 5) is 23.2. The van der Waals surface area contributed by atoms with Gasteiger partial charge >= 0.3 is 0 Å². The van der Waals surface area contributed by atoms with Crippen LogP contribution in [0, 0.1) is 11.7 Å². The minimum atomic E-state index is -0.495. The molecule has 0 spiro atoms. The van der Waals surface area contributed by atoms with E-state index in [9.17, 15) is 14.0 Å². The summed E-state index contributed by atoms with van der Waals surface area (Å²) in [7, 11) is 0. The van der Waals surface area contributed by atoms with Crippen LogP contribution in [0.4, 0.5) is 4.39 Å². The molecule has 4 nitrogen and oxygen atoms in total. The van der Waals surface area contributed by atoms with E-state index in [1.807, 2.05) is 0 Å². The maximum atomic E-state index is 13.4. The molecule has 0 saturated heterocycles. The third-order valence-electron chi connectivity index (χ3n) is 3.38. The Labute approximate surface area is 118 Å². The lowest BCUT2D eigenvalue weighted by Gasteiger charge is -2.18. The first kappa shape index (κ1) is 14.0. The van der Waals surface area contributed by atoms with Crippen molar-refractivity contribution in [3.63, 3.8) is 0 Å². The molecule has 0 unspecified atom stereocenters. The first-order chi connectivity index (χ1) is 8.99. The molecule has 0 bridgehead atoms. The summed E-state index contributed by atoms with van der Waals surface area (Å²) in [5, 5.41) is 2.75. The Morgan fingerprint density at radius 2 is 2.11 bits per heavy atom. The molecule has 1 aromatic rings. The van der Waals surface area contributed by atoms with Crippen molar-refractivity contribution in [1.82, 2.24) is 5.32 Å². The third kappa shape index (κ3) is 3.12. The van der Waals surface area contributed by atoms with E-state index in [0.29, 0.717) is 10.9 Å². The zero-order chi connectivity index (χ0) is 14.0. The predicted octanol–water partition coefficient (Wildman–Crippen LogP) is 1.97. The lowest BCUT2D eigenvalue weighted by atomic mass is 10.0. The van der Waals surface area contributed by atoms with Gasteiger partial charge in [0.25, 0.3) is 5.91 Å². The van der Waals surface area contributed by atoms with Gasteiger partial charge in [-0.25, -0.2) is 4.39 Å². The van der Waals surface area contributed by atoms with Crippen molar-refractivity contribution >= 4 is 27.7 Å². The first-order valence-electron chi connectivity index (χ1n) is 6.04. The minimum absolute atomic E-state index is 0.232. The molecule has 2 atom stereocenters. The van der Waals surface area contributed by atoms with Crippen LogP contribution >= 0.6 is 15.9 Å². The van der Waals surface area contributed by atoms with Crippen LogP contribution in [-0.4, -0.2) is 17.9 Å². The molecule has 2 rings (SSSR count). The second-order valence-electron chi connectivity index (χ2n) is 4.65. The SMILES string of the molecule is NC(=O)[C@@H]1CCC[C@H]1NC(=O)c1ccc(Br)c(F)c1. The summed E-state index contributed by atoms with van der Waals surface area (Å²) < 4.78 is 13.7. The highest BCUT2D eigenvalue weighted by Gasteiger charge is 2.32. The van der Waals surface area contributed by atoms with Crippen molar-refractivity contribution in [2.75, 3.05) is 0 Å². The lowest BCUT2D eigenvalue weighted by molar-refractivity contribution is -0.122. The standard InChI is InChI=1S/C13H14BrFN2O2/c14-9-5-4-7(6-10(9)15)13(19)17-11-3-1-2-8(11)12(16)18/h4-6,8,11H,1-3H2,(H2,16,18)(H,17,19)/t8-,11-/m1/s1. The second kappa shape index (κ2) is 5.69. The van der Waals surface area contributed by atoms with Crippen LogP contribution in [0.3, 0.4) is 0 Å². The van der Waals surface area contributed by atoms with Gasteiger partial charge in [0.1, 0.15) is 5.82 Å². The van der Waals surface area contributed by atoms with Gasteiger partial charge in [-0.1, -0.05) is 6.42 Å². The molecule has 0 aliphatic heterocycles. The largest absolute Gasteiger partial charge is 0.369 e. The van der Waals surface area contributed by atoms with Gasteiger partial charge in [-0.05, 0) is 47.0 Å². The number of nitrogens with one attached hydrogen (secondary N) is 1. The predicted molar refractivity (Wildman–Crippen MR) is 71.9 cm³/mol. The van der Waals surface area contributed by atoms with Crippen LogP contribution in [0.2, 0.25) is 0 Å². The quantitative estimate of drug-likeness (QED) is 0.890. The summed E-state index contributed by atoms with van der Waals surface area (Å²) in [5.41, 5.74) is 5.52. The number of primary amides is 1. The molecule has 1 saturated carbocycles. The zero-order valence-corrected chi connectivity index (χ0v) is 11.7. The Kier molecular flexibility index (Phi) is 4.19. The Bertz CT molecular complexity index is 521. The third-order valence-corrected chi connectivity index (χ3v) is 4.02. The van der Waals surface area contributed by atoms with Gasteiger partial charge in [0.15, 0.2) is 0 Å².